The average Bonchev–Trinajstić information content (AvgIpc) is 2.33. The molecule has 0 atom stereocenters. The van der Waals surface area contributed by atoms with E-state index >= 15 is 0 Å². The van der Waals surface area contributed by atoms with E-state index in [0.29, 0.717) is 11.5 Å². The van der Waals surface area contributed by atoms with Gasteiger partial charge in [-0.3, -0.25) is 0 Å². The van der Waals surface area contributed by atoms with Crippen molar-refractivity contribution < 1.29 is 9.53 Å². The lowest BCUT2D eigenvalue weighted by Gasteiger charge is -1.95. The minimum Gasteiger partial charge on any atom is -0.462 e. The molecule has 3 heteroatoms. The molecule has 66 valence electrons. The highest BCUT2D eigenvalue weighted by Crippen LogP contribution is 2.21. The number of hydrogen-bond acceptors (Lipinski definition) is 3. The molecule has 0 fully saturated rings. The minimum absolute atomic E-state index is 0.210. The average molecular weight is 184 g/mol. The highest BCUT2D eigenvalue weighted by molar-refractivity contribution is 7.14. The van der Waals surface area contributed by atoms with Crippen molar-refractivity contribution in [3.05, 3.63) is 21.4 Å². The summed E-state index contributed by atoms with van der Waals surface area (Å²) < 4.78 is 4.87. The molecule has 1 aromatic rings. The number of carbonyl (C=O) groups is 1. The number of carbonyl (C=O) groups excluding carboxylic acids is 1. The summed E-state index contributed by atoms with van der Waals surface area (Å²) in [6.45, 7) is 6.25. The molecular formula is C9H12O2S. The number of aryl methyl sites for hydroxylation is 2. The molecule has 0 unspecified atom stereocenters. The Morgan fingerprint density at radius 3 is 2.67 bits per heavy atom. The van der Waals surface area contributed by atoms with Crippen molar-refractivity contribution in [1.82, 2.24) is 0 Å². The number of hydrogen-bond donors (Lipinski definition) is 0. The zero-order chi connectivity index (χ0) is 9.14. The maximum atomic E-state index is 11.2. The molecule has 0 spiro atoms. The summed E-state index contributed by atoms with van der Waals surface area (Å²) in [6.07, 6.45) is 0. The first-order valence-corrected chi connectivity index (χ1v) is 4.71. The predicted octanol–water partition coefficient (Wildman–Crippen LogP) is 2.54. The van der Waals surface area contributed by atoms with Crippen LogP contribution in [0.2, 0.25) is 0 Å². The van der Waals surface area contributed by atoms with Crippen molar-refractivity contribution in [1.29, 1.82) is 0 Å². The van der Waals surface area contributed by atoms with Crippen LogP contribution in [0, 0.1) is 13.8 Å². The van der Waals surface area contributed by atoms with E-state index < -0.39 is 0 Å². The second-order valence-electron chi connectivity index (χ2n) is 2.57. The maximum Gasteiger partial charge on any atom is 0.348 e. The van der Waals surface area contributed by atoms with Crippen LogP contribution in [-0.2, 0) is 4.74 Å². The van der Waals surface area contributed by atoms with E-state index in [-0.39, 0.29) is 5.97 Å². The van der Waals surface area contributed by atoms with Gasteiger partial charge in [-0.25, -0.2) is 4.79 Å². The Labute approximate surface area is 76.2 Å². The first kappa shape index (κ1) is 9.26. The Morgan fingerprint density at radius 2 is 2.25 bits per heavy atom. The zero-order valence-corrected chi connectivity index (χ0v) is 8.33. The zero-order valence-electron chi connectivity index (χ0n) is 7.51. The van der Waals surface area contributed by atoms with Crippen LogP contribution in [0.25, 0.3) is 0 Å². The first-order valence-electron chi connectivity index (χ1n) is 3.89. The molecule has 1 aromatic heterocycles. The van der Waals surface area contributed by atoms with Crippen LogP contribution >= 0.6 is 11.3 Å². The molecule has 0 saturated carbocycles. The van der Waals surface area contributed by atoms with Crippen molar-refractivity contribution in [2.45, 2.75) is 20.8 Å². The lowest BCUT2D eigenvalue weighted by atomic mass is 10.3. The molecule has 0 N–H and O–H groups in total. The number of thiophene rings is 1. The third-order valence-electron chi connectivity index (χ3n) is 1.64. The monoisotopic (exact) mass is 184 g/mol. The number of esters is 1. The van der Waals surface area contributed by atoms with Crippen LogP contribution in [-0.4, -0.2) is 12.6 Å². The fraction of sp³-hybridized carbons (Fsp3) is 0.444. The predicted molar refractivity (Wildman–Crippen MR) is 49.7 cm³/mol. The molecule has 1 rings (SSSR count). The summed E-state index contributed by atoms with van der Waals surface area (Å²) in [5.41, 5.74) is 1.16. The van der Waals surface area contributed by atoms with Crippen molar-refractivity contribution >= 4 is 17.3 Å². The van der Waals surface area contributed by atoms with Crippen LogP contribution in [0.4, 0.5) is 0 Å². The highest BCUT2D eigenvalue weighted by Gasteiger charge is 2.10. The summed E-state index contributed by atoms with van der Waals surface area (Å²) in [5.74, 6) is -0.210. The van der Waals surface area contributed by atoms with E-state index in [1.165, 1.54) is 16.2 Å². The first-order chi connectivity index (χ1) is 5.65. The van der Waals surface area contributed by atoms with Gasteiger partial charge in [-0.05, 0) is 32.4 Å². The van der Waals surface area contributed by atoms with Gasteiger partial charge in [0.05, 0.1) is 6.61 Å². The van der Waals surface area contributed by atoms with Crippen molar-refractivity contribution in [2.75, 3.05) is 6.61 Å². The quantitative estimate of drug-likeness (QED) is 0.660. The van der Waals surface area contributed by atoms with Crippen LogP contribution in [0.1, 0.15) is 27.0 Å². The largest absolute Gasteiger partial charge is 0.462 e. The summed E-state index contributed by atoms with van der Waals surface area (Å²) >= 11 is 1.49. The van der Waals surface area contributed by atoms with Gasteiger partial charge in [-0.2, -0.15) is 0 Å². The Morgan fingerprint density at radius 1 is 1.58 bits per heavy atom. The van der Waals surface area contributed by atoms with Gasteiger partial charge in [0.1, 0.15) is 4.88 Å². The van der Waals surface area contributed by atoms with Crippen LogP contribution in [0.15, 0.2) is 6.07 Å². The van der Waals surface area contributed by atoms with Gasteiger partial charge < -0.3 is 4.74 Å². The van der Waals surface area contributed by atoms with E-state index in [4.69, 9.17) is 4.74 Å². The third-order valence-corrected chi connectivity index (χ3v) is 2.78. The fourth-order valence-corrected chi connectivity index (χ4v) is 1.80. The molecule has 0 bridgehead atoms. The molecule has 2 nitrogen and oxygen atoms in total. The molecule has 0 saturated heterocycles. The van der Waals surface area contributed by atoms with Gasteiger partial charge in [0.2, 0.25) is 0 Å². The Hall–Kier alpha value is -0.830. The molecule has 0 aromatic carbocycles. The summed E-state index contributed by atoms with van der Waals surface area (Å²) in [7, 11) is 0. The van der Waals surface area contributed by atoms with E-state index in [1.807, 2.05) is 26.8 Å². The normalized spacial score (nSPS) is 9.92. The number of rotatable bonds is 2. The third kappa shape index (κ3) is 1.85. The molecule has 0 amide bonds. The van der Waals surface area contributed by atoms with Crippen LogP contribution < -0.4 is 0 Å². The summed E-state index contributed by atoms with van der Waals surface area (Å²) in [6, 6.07) is 1.87. The SMILES string of the molecule is CCOC(=O)c1cc(C)c(C)s1. The molecule has 1 heterocycles. The van der Waals surface area contributed by atoms with Gasteiger partial charge in [0, 0.05) is 4.88 Å². The minimum atomic E-state index is -0.210. The fourth-order valence-electron chi connectivity index (χ4n) is 0.876. The van der Waals surface area contributed by atoms with Crippen molar-refractivity contribution in [2.24, 2.45) is 0 Å². The number of ether oxygens (including phenoxy) is 1. The second kappa shape index (κ2) is 3.72. The van der Waals surface area contributed by atoms with Gasteiger partial charge in [0.15, 0.2) is 0 Å². The van der Waals surface area contributed by atoms with Gasteiger partial charge >= 0.3 is 5.97 Å². The van der Waals surface area contributed by atoms with E-state index in [9.17, 15) is 4.79 Å². The molecule has 0 aliphatic rings. The van der Waals surface area contributed by atoms with E-state index in [0.717, 1.165) is 5.56 Å². The summed E-state index contributed by atoms with van der Waals surface area (Å²) in [4.78, 5) is 13.1. The van der Waals surface area contributed by atoms with Crippen LogP contribution in [0.3, 0.4) is 0 Å². The molecule has 0 radical (unpaired) electrons. The lowest BCUT2D eigenvalue weighted by molar-refractivity contribution is 0.0532. The van der Waals surface area contributed by atoms with Gasteiger partial charge in [-0.15, -0.1) is 11.3 Å². The molecule has 12 heavy (non-hydrogen) atoms. The van der Waals surface area contributed by atoms with Crippen molar-refractivity contribution in [3.63, 3.8) is 0 Å². The van der Waals surface area contributed by atoms with Crippen molar-refractivity contribution in [3.8, 4) is 0 Å². The smallest absolute Gasteiger partial charge is 0.348 e. The molecule has 0 aliphatic carbocycles. The molecule has 0 aliphatic heterocycles. The Bertz CT molecular complexity index is 269. The standard InChI is InChI=1S/C9H12O2S/c1-4-11-9(10)8-5-6(2)7(3)12-8/h5H,4H2,1-3H3. The second-order valence-corrected chi connectivity index (χ2v) is 3.83. The highest BCUT2D eigenvalue weighted by atomic mass is 32.1. The van der Waals surface area contributed by atoms with Gasteiger partial charge in [-0.1, -0.05) is 0 Å². The summed E-state index contributed by atoms with van der Waals surface area (Å²) in [5, 5.41) is 0. The maximum absolute atomic E-state index is 11.2. The van der Waals surface area contributed by atoms with Gasteiger partial charge in [0.25, 0.3) is 0 Å². The Kier molecular flexibility index (Phi) is 2.87. The van der Waals surface area contributed by atoms with E-state index in [2.05, 4.69) is 0 Å². The van der Waals surface area contributed by atoms with Crippen LogP contribution in [0.5, 0.6) is 0 Å². The topological polar surface area (TPSA) is 26.3 Å². The Balaban J connectivity index is 2.82. The lowest BCUT2D eigenvalue weighted by Crippen LogP contribution is -2.01. The van der Waals surface area contributed by atoms with E-state index in [1.54, 1.807) is 0 Å². The molecular weight excluding hydrogens is 172 g/mol.